The summed E-state index contributed by atoms with van der Waals surface area (Å²) in [6.07, 6.45) is 2.22. The van der Waals surface area contributed by atoms with E-state index in [1.54, 1.807) is 0 Å². The van der Waals surface area contributed by atoms with Crippen molar-refractivity contribution < 1.29 is 4.79 Å². The summed E-state index contributed by atoms with van der Waals surface area (Å²) in [6.45, 7) is 8.89. The van der Waals surface area contributed by atoms with Gasteiger partial charge in [0.25, 0.3) is 5.91 Å². The number of nitrogens with zero attached hydrogens (tertiary/aromatic N) is 1. The van der Waals surface area contributed by atoms with Crippen molar-refractivity contribution in [1.82, 2.24) is 10.3 Å². The molecule has 0 spiro atoms. The van der Waals surface area contributed by atoms with Crippen LogP contribution in [0.4, 0.5) is 0 Å². The first-order valence-electron chi connectivity index (χ1n) is 5.80. The van der Waals surface area contributed by atoms with Crippen molar-refractivity contribution >= 4 is 17.2 Å². The van der Waals surface area contributed by atoms with Gasteiger partial charge in [-0.05, 0) is 19.8 Å². The number of carbonyl (C=O) groups excluding carboxylic acids is 1. The van der Waals surface area contributed by atoms with Gasteiger partial charge in [0.05, 0.1) is 10.7 Å². The quantitative estimate of drug-likeness (QED) is 0.859. The van der Waals surface area contributed by atoms with E-state index >= 15 is 0 Å². The Hall–Kier alpha value is -0.900. The van der Waals surface area contributed by atoms with Crippen LogP contribution < -0.4 is 5.32 Å². The van der Waals surface area contributed by atoms with Gasteiger partial charge in [-0.3, -0.25) is 4.79 Å². The van der Waals surface area contributed by atoms with E-state index in [9.17, 15) is 4.79 Å². The molecule has 3 nitrogen and oxygen atoms in total. The molecule has 1 amide bonds. The van der Waals surface area contributed by atoms with Crippen molar-refractivity contribution in [3.05, 3.63) is 15.6 Å². The summed E-state index contributed by atoms with van der Waals surface area (Å²) in [5.74, 6) is 0.605. The van der Waals surface area contributed by atoms with Gasteiger partial charge in [0.15, 0.2) is 0 Å². The molecule has 1 rings (SSSR count). The van der Waals surface area contributed by atoms with Crippen LogP contribution in [0.25, 0.3) is 0 Å². The highest BCUT2D eigenvalue weighted by Crippen LogP contribution is 2.17. The molecule has 1 N–H and O–H groups in total. The fourth-order valence-corrected chi connectivity index (χ4v) is 2.47. The van der Waals surface area contributed by atoms with Gasteiger partial charge in [0.1, 0.15) is 4.88 Å². The average Bonchev–Trinajstić information content (AvgIpc) is 2.59. The molecule has 0 saturated heterocycles. The van der Waals surface area contributed by atoms with Crippen LogP contribution in [0.2, 0.25) is 0 Å². The lowest BCUT2D eigenvalue weighted by molar-refractivity contribution is 0.0949. The fraction of sp³-hybridized carbons (Fsp3) is 0.667. The summed E-state index contributed by atoms with van der Waals surface area (Å²) >= 11 is 1.47. The van der Waals surface area contributed by atoms with Gasteiger partial charge in [-0.25, -0.2) is 4.98 Å². The van der Waals surface area contributed by atoms with Crippen molar-refractivity contribution in [2.75, 3.05) is 6.54 Å². The monoisotopic (exact) mass is 240 g/mol. The second kappa shape index (κ2) is 5.99. The maximum atomic E-state index is 11.9. The SMILES string of the molecule is CCC(CC)CNC(=O)c1sc(C)nc1C. The molecule has 0 bridgehead atoms. The third kappa shape index (κ3) is 3.30. The molecule has 1 aromatic rings. The van der Waals surface area contributed by atoms with Gasteiger partial charge in [0, 0.05) is 6.54 Å². The first-order chi connectivity index (χ1) is 7.58. The highest BCUT2D eigenvalue weighted by Gasteiger charge is 2.14. The summed E-state index contributed by atoms with van der Waals surface area (Å²) in [5, 5.41) is 3.94. The van der Waals surface area contributed by atoms with Crippen LogP contribution in [0, 0.1) is 19.8 Å². The third-order valence-electron chi connectivity index (χ3n) is 2.82. The molecular weight excluding hydrogens is 220 g/mol. The predicted molar refractivity (Wildman–Crippen MR) is 68.0 cm³/mol. The zero-order valence-corrected chi connectivity index (χ0v) is 11.3. The minimum atomic E-state index is 0.0231. The van der Waals surface area contributed by atoms with Crippen LogP contribution in [0.15, 0.2) is 0 Å². The van der Waals surface area contributed by atoms with E-state index in [0.29, 0.717) is 5.92 Å². The predicted octanol–water partition coefficient (Wildman–Crippen LogP) is 2.93. The summed E-state index contributed by atoms with van der Waals surface area (Å²) in [7, 11) is 0. The molecule has 0 saturated carbocycles. The second-order valence-electron chi connectivity index (χ2n) is 4.04. The van der Waals surface area contributed by atoms with E-state index in [2.05, 4.69) is 24.1 Å². The Morgan fingerprint density at radius 3 is 2.44 bits per heavy atom. The topological polar surface area (TPSA) is 42.0 Å². The minimum Gasteiger partial charge on any atom is -0.351 e. The molecule has 0 aliphatic rings. The zero-order valence-electron chi connectivity index (χ0n) is 10.5. The number of carbonyl (C=O) groups is 1. The number of rotatable bonds is 5. The first kappa shape index (κ1) is 13.2. The van der Waals surface area contributed by atoms with E-state index in [-0.39, 0.29) is 5.91 Å². The van der Waals surface area contributed by atoms with Crippen molar-refractivity contribution in [2.24, 2.45) is 5.92 Å². The Morgan fingerprint density at radius 2 is 2.00 bits per heavy atom. The first-order valence-corrected chi connectivity index (χ1v) is 6.62. The molecule has 90 valence electrons. The van der Waals surface area contributed by atoms with Gasteiger partial charge >= 0.3 is 0 Å². The third-order valence-corrected chi connectivity index (χ3v) is 3.89. The highest BCUT2D eigenvalue weighted by atomic mass is 32.1. The summed E-state index contributed by atoms with van der Waals surface area (Å²) in [5.41, 5.74) is 0.838. The molecular formula is C12H20N2OS. The van der Waals surface area contributed by atoms with Crippen LogP contribution in [0.1, 0.15) is 47.1 Å². The molecule has 1 heterocycles. The number of aryl methyl sites for hydroxylation is 2. The van der Waals surface area contributed by atoms with Crippen molar-refractivity contribution in [2.45, 2.75) is 40.5 Å². The molecule has 16 heavy (non-hydrogen) atoms. The number of nitrogens with one attached hydrogen (secondary N) is 1. The molecule has 0 aromatic carbocycles. The number of hydrogen-bond acceptors (Lipinski definition) is 3. The van der Waals surface area contributed by atoms with E-state index in [1.165, 1.54) is 11.3 Å². The van der Waals surface area contributed by atoms with Crippen LogP contribution in [-0.4, -0.2) is 17.4 Å². The Morgan fingerprint density at radius 1 is 1.38 bits per heavy atom. The molecule has 0 atom stereocenters. The second-order valence-corrected chi connectivity index (χ2v) is 5.24. The molecule has 0 aliphatic heterocycles. The largest absolute Gasteiger partial charge is 0.351 e. The Bertz CT molecular complexity index is 356. The summed E-state index contributed by atoms with van der Waals surface area (Å²) in [4.78, 5) is 16.9. The Balaban J connectivity index is 2.56. The zero-order chi connectivity index (χ0) is 12.1. The lowest BCUT2D eigenvalue weighted by atomic mass is 10.0. The van der Waals surface area contributed by atoms with Gasteiger partial charge in [-0.2, -0.15) is 0 Å². The Kier molecular flexibility index (Phi) is 4.93. The molecule has 0 aliphatic carbocycles. The maximum Gasteiger partial charge on any atom is 0.263 e. The molecule has 0 fully saturated rings. The number of thiazole rings is 1. The van der Waals surface area contributed by atoms with E-state index in [1.807, 2.05) is 13.8 Å². The lowest BCUT2D eigenvalue weighted by Gasteiger charge is -2.12. The average molecular weight is 240 g/mol. The minimum absolute atomic E-state index is 0.0231. The van der Waals surface area contributed by atoms with Gasteiger partial charge in [-0.15, -0.1) is 11.3 Å². The standard InChI is InChI=1S/C12H20N2OS/c1-5-10(6-2)7-13-12(15)11-8(3)14-9(4)16-11/h10H,5-7H2,1-4H3,(H,13,15). The van der Waals surface area contributed by atoms with E-state index < -0.39 is 0 Å². The van der Waals surface area contributed by atoms with Crippen molar-refractivity contribution in [3.8, 4) is 0 Å². The van der Waals surface area contributed by atoms with Crippen LogP contribution in [0.5, 0.6) is 0 Å². The van der Waals surface area contributed by atoms with Crippen LogP contribution in [0.3, 0.4) is 0 Å². The van der Waals surface area contributed by atoms with Gasteiger partial charge in [-0.1, -0.05) is 26.7 Å². The Labute approximate surface area is 101 Å². The van der Waals surface area contributed by atoms with E-state index in [0.717, 1.165) is 35.0 Å². The molecule has 1 aromatic heterocycles. The summed E-state index contributed by atoms with van der Waals surface area (Å²) in [6, 6.07) is 0. The molecule has 0 radical (unpaired) electrons. The fourth-order valence-electron chi connectivity index (χ4n) is 1.64. The van der Waals surface area contributed by atoms with Gasteiger partial charge in [0.2, 0.25) is 0 Å². The normalized spacial score (nSPS) is 10.8. The maximum absolute atomic E-state index is 11.9. The van der Waals surface area contributed by atoms with Crippen LogP contribution >= 0.6 is 11.3 Å². The number of amides is 1. The number of hydrogen-bond donors (Lipinski definition) is 1. The number of aromatic nitrogens is 1. The van der Waals surface area contributed by atoms with E-state index in [4.69, 9.17) is 0 Å². The lowest BCUT2D eigenvalue weighted by Crippen LogP contribution is -2.28. The molecule has 0 unspecified atom stereocenters. The molecule has 4 heteroatoms. The van der Waals surface area contributed by atoms with Crippen LogP contribution in [-0.2, 0) is 0 Å². The van der Waals surface area contributed by atoms with Gasteiger partial charge < -0.3 is 5.32 Å². The smallest absolute Gasteiger partial charge is 0.263 e. The van der Waals surface area contributed by atoms with Crippen molar-refractivity contribution in [1.29, 1.82) is 0 Å². The highest BCUT2D eigenvalue weighted by molar-refractivity contribution is 7.13. The van der Waals surface area contributed by atoms with Crippen molar-refractivity contribution in [3.63, 3.8) is 0 Å². The summed E-state index contributed by atoms with van der Waals surface area (Å²) < 4.78 is 0.